The molecule has 17 heavy (non-hydrogen) atoms. The van der Waals surface area contributed by atoms with Crippen LogP contribution in [-0.4, -0.2) is 0 Å². The second-order valence-electron chi connectivity index (χ2n) is 3.94. The van der Waals surface area contributed by atoms with Gasteiger partial charge in [-0.1, -0.05) is 50.1 Å². The first-order valence-corrected chi connectivity index (χ1v) is 6.98. The van der Waals surface area contributed by atoms with Crippen LogP contribution in [0.15, 0.2) is 51.4 Å². The molecule has 0 bridgehead atoms. The molecule has 0 radical (unpaired) electrons. The molecule has 0 spiro atoms. The van der Waals surface area contributed by atoms with Gasteiger partial charge >= 0.3 is 0 Å². The lowest BCUT2D eigenvalue weighted by atomic mass is 10.2. The number of aryl methyl sites for hydroxylation is 1. The Labute approximate surface area is 119 Å². The largest absolute Gasteiger partial charge is 0.381 e. The molecule has 88 valence electrons. The number of anilines is 1. The predicted octanol–water partition coefficient (Wildman–Crippen LogP) is 5.13. The molecule has 0 heterocycles. The summed E-state index contributed by atoms with van der Waals surface area (Å²) in [4.78, 5) is 0. The number of rotatable bonds is 3. The lowest BCUT2D eigenvalue weighted by Gasteiger charge is -2.10. The summed E-state index contributed by atoms with van der Waals surface area (Å²) in [5, 5.41) is 3.44. The topological polar surface area (TPSA) is 12.0 Å². The van der Waals surface area contributed by atoms with E-state index in [4.69, 9.17) is 0 Å². The summed E-state index contributed by atoms with van der Waals surface area (Å²) >= 11 is 6.92. The molecule has 1 nitrogen and oxygen atoms in total. The molecule has 1 N–H and O–H groups in total. The number of hydrogen-bond donors (Lipinski definition) is 1. The highest BCUT2D eigenvalue weighted by molar-refractivity contribution is 9.10. The zero-order valence-electron chi connectivity index (χ0n) is 9.50. The van der Waals surface area contributed by atoms with Gasteiger partial charge in [-0.3, -0.25) is 0 Å². The summed E-state index contributed by atoms with van der Waals surface area (Å²) in [6.45, 7) is 2.95. The maximum absolute atomic E-state index is 3.49. The van der Waals surface area contributed by atoms with Gasteiger partial charge in [0, 0.05) is 21.2 Å². The van der Waals surface area contributed by atoms with Crippen LogP contribution in [0.4, 0.5) is 5.69 Å². The summed E-state index contributed by atoms with van der Waals surface area (Å²) in [7, 11) is 0. The van der Waals surface area contributed by atoms with Crippen molar-refractivity contribution in [3.8, 4) is 0 Å². The van der Waals surface area contributed by atoms with Gasteiger partial charge in [0.25, 0.3) is 0 Å². The molecule has 0 saturated heterocycles. The molecule has 0 saturated carbocycles. The Kier molecular flexibility index (Phi) is 4.24. The number of hydrogen-bond acceptors (Lipinski definition) is 1. The zero-order chi connectivity index (χ0) is 12.3. The molecule has 0 aliphatic carbocycles. The van der Waals surface area contributed by atoms with Gasteiger partial charge in [-0.15, -0.1) is 0 Å². The minimum Gasteiger partial charge on any atom is -0.381 e. The summed E-state index contributed by atoms with van der Waals surface area (Å²) in [6.07, 6.45) is 0. The van der Waals surface area contributed by atoms with Crippen molar-refractivity contribution in [3.63, 3.8) is 0 Å². The molecule has 0 fully saturated rings. The summed E-state index contributed by atoms with van der Waals surface area (Å²) in [5.41, 5.74) is 3.69. The summed E-state index contributed by atoms with van der Waals surface area (Å²) < 4.78 is 2.21. The zero-order valence-corrected chi connectivity index (χ0v) is 12.7. The molecule has 2 aromatic rings. The van der Waals surface area contributed by atoms with Gasteiger partial charge < -0.3 is 5.32 Å². The van der Waals surface area contributed by atoms with E-state index in [-0.39, 0.29) is 0 Å². The smallest absolute Gasteiger partial charge is 0.0400 e. The highest BCUT2D eigenvalue weighted by Crippen LogP contribution is 2.21. The maximum Gasteiger partial charge on any atom is 0.0400 e. The van der Waals surface area contributed by atoms with Crippen LogP contribution < -0.4 is 5.32 Å². The van der Waals surface area contributed by atoms with E-state index in [0.717, 1.165) is 15.5 Å². The van der Waals surface area contributed by atoms with Gasteiger partial charge in [0.05, 0.1) is 0 Å². The van der Waals surface area contributed by atoms with Gasteiger partial charge in [-0.05, 0) is 42.3 Å². The standard InChI is InChI=1S/C14H13Br2N/c1-10-2-5-13(16)8-14(10)17-9-11-3-6-12(15)7-4-11/h2-8,17H,9H2,1H3. The molecule has 2 rings (SSSR count). The van der Waals surface area contributed by atoms with Crippen molar-refractivity contribution in [1.29, 1.82) is 0 Å². The predicted molar refractivity (Wildman–Crippen MR) is 80.3 cm³/mol. The molecular weight excluding hydrogens is 342 g/mol. The van der Waals surface area contributed by atoms with E-state index in [9.17, 15) is 0 Å². The molecular formula is C14H13Br2N. The highest BCUT2D eigenvalue weighted by Gasteiger charge is 1.99. The third-order valence-corrected chi connectivity index (χ3v) is 3.62. The van der Waals surface area contributed by atoms with Crippen molar-refractivity contribution >= 4 is 37.5 Å². The van der Waals surface area contributed by atoms with E-state index >= 15 is 0 Å². The van der Waals surface area contributed by atoms with Crippen LogP contribution in [0.25, 0.3) is 0 Å². The first-order valence-electron chi connectivity index (χ1n) is 5.39. The highest BCUT2D eigenvalue weighted by atomic mass is 79.9. The Hall–Kier alpha value is -0.800. The van der Waals surface area contributed by atoms with E-state index < -0.39 is 0 Å². The second kappa shape index (κ2) is 5.69. The lowest BCUT2D eigenvalue weighted by Crippen LogP contribution is -2.00. The number of nitrogens with one attached hydrogen (secondary N) is 1. The Morgan fingerprint density at radius 1 is 0.941 bits per heavy atom. The molecule has 2 aromatic carbocycles. The lowest BCUT2D eigenvalue weighted by molar-refractivity contribution is 1.14. The van der Waals surface area contributed by atoms with E-state index in [1.165, 1.54) is 16.8 Å². The molecule has 0 aliphatic rings. The molecule has 0 aliphatic heterocycles. The Morgan fingerprint density at radius 3 is 2.29 bits per heavy atom. The average Bonchev–Trinajstić information content (AvgIpc) is 2.32. The average molecular weight is 355 g/mol. The van der Waals surface area contributed by atoms with Crippen molar-refractivity contribution in [1.82, 2.24) is 0 Å². The van der Waals surface area contributed by atoms with Crippen molar-refractivity contribution in [2.24, 2.45) is 0 Å². The van der Waals surface area contributed by atoms with Crippen molar-refractivity contribution in [2.75, 3.05) is 5.32 Å². The minimum atomic E-state index is 0.838. The van der Waals surface area contributed by atoms with Gasteiger partial charge in [-0.2, -0.15) is 0 Å². The summed E-state index contributed by atoms with van der Waals surface area (Å²) in [6, 6.07) is 14.6. The van der Waals surface area contributed by atoms with Crippen LogP contribution in [0.3, 0.4) is 0 Å². The van der Waals surface area contributed by atoms with Crippen molar-refractivity contribution in [2.45, 2.75) is 13.5 Å². The quantitative estimate of drug-likeness (QED) is 0.805. The monoisotopic (exact) mass is 353 g/mol. The first-order chi connectivity index (χ1) is 8.15. The Bertz CT molecular complexity index is 506. The van der Waals surface area contributed by atoms with Crippen molar-refractivity contribution < 1.29 is 0 Å². The maximum atomic E-state index is 3.49. The van der Waals surface area contributed by atoms with E-state index in [0.29, 0.717) is 0 Å². The molecule has 3 heteroatoms. The fourth-order valence-electron chi connectivity index (χ4n) is 1.58. The van der Waals surface area contributed by atoms with Gasteiger partial charge in [0.2, 0.25) is 0 Å². The van der Waals surface area contributed by atoms with Crippen LogP contribution in [0.5, 0.6) is 0 Å². The van der Waals surface area contributed by atoms with Crippen LogP contribution in [0.1, 0.15) is 11.1 Å². The third kappa shape index (κ3) is 3.58. The van der Waals surface area contributed by atoms with Crippen LogP contribution in [-0.2, 0) is 6.54 Å². The van der Waals surface area contributed by atoms with E-state index in [1.807, 2.05) is 0 Å². The first kappa shape index (κ1) is 12.7. The van der Waals surface area contributed by atoms with E-state index in [1.54, 1.807) is 0 Å². The molecule has 0 unspecified atom stereocenters. The fourth-order valence-corrected chi connectivity index (χ4v) is 2.21. The number of benzene rings is 2. The minimum absolute atomic E-state index is 0.838. The number of halogens is 2. The second-order valence-corrected chi connectivity index (χ2v) is 5.77. The van der Waals surface area contributed by atoms with Gasteiger partial charge in [0.1, 0.15) is 0 Å². The van der Waals surface area contributed by atoms with Crippen LogP contribution >= 0.6 is 31.9 Å². The SMILES string of the molecule is Cc1ccc(Br)cc1NCc1ccc(Br)cc1. The van der Waals surface area contributed by atoms with E-state index in [2.05, 4.69) is 86.6 Å². The fraction of sp³-hybridized carbons (Fsp3) is 0.143. The molecule has 0 atom stereocenters. The molecule has 0 aromatic heterocycles. The normalized spacial score (nSPS) is 10.3. The Morgan fingerprint density at radius 2 is 1.59 bits per heavy atom. The van der Waals surface area contributed by atoms with Gasteiger partial charge in [0.15, 0.2) is 0 Å². The Balaban J connectivity index is 2.07. The molecule has 0 amide bonds. The van der Waals surface area contributed by atoms with Crippen molar-refractivity contribution in [3.05, 3.63) is 62.5 Å². The third-order valence-electron chi connectivity index (χ3n) is 2.60. The van der Waals surface area contributed by atoms with Crippen LogP contribution in [0.2, 0.25) is 0 Å². The van der Waals surface area contributed by atoms with Crippen LogP contribution in [0, 0.1) is 6.92 Å². The van der Waals surface area contributed by atoms with Gasteiger partial charge in [-0.25, -0.2) is 0 Å². The summed E-state index contributed by atoms with van der Waals surface area (Å²) in [5.74, 6) is 0.